The summed E-state index contributed by atoms with van der Waals surface area (Å²) in [6.45, 7) is 29.3. The van der Waals surface area contributed by atoms with Gasteiger partial charge in [0.25, 0.3) is 0 Å². The molecular weight excluding hydrogens is 587 g/mol. The highest BCUT2D eigenvalue weighted by Gasteiger charge is 2.70. The number of aliphatic hydroxyl groups is 1. The van der Waals surface area contributed by atoms with Crippen molar-refractivity contribution < 1.29 is 5.11 Å². The third-order valence-corrected chi connectivity index (χ3v) is 17.3. The van der Waals surface area contributed by atoms with Gasteiger partial charge < -0.3 is 10.4 Å². The van der Waals surface area contributed by atoms with E-state index in [4.69, 9.17) is 0 Å². The van der Waals surface area contributed by atoms with Gasteiger partial charge in [-0.05, 0) is 146 Å². The first-order valence-corrected chi connectivity index (χ1v) is 20.4. The van der Waals surface area contributed by atoms with Crippen LogP contribution in [0.15, 0.2) is 42.5 Å². The van der Waals surface area contributed by atoms with Crippen molar-refractivity contribution in [2.75, 3.05) is 45.8 Å². The second kappa shape index (κ2) is 13.1. The van der Waals surface area contributed by atoms with E-state index in [1.54, 1.807) is 0 Å². The number of hydrogen-bond donors (Lipinski definition) is 2. The van der Waals surface area contributed by atoms with Crippen LogP contribution in [0.4, 0.5) is 0 Å². The summed E-state index contributed by atoms with van der Waals surface area (Å²) in [4.78, 5) is 5.30. The molecule has 10 atom stereocenters. The van der Waals surface area contributed by atoms with Crippen LogP contribution >= 0.6 is 0 Å². The van der Waals surface area contributed by atoms with Gasteiger partial charge in [0.05, 0.1) is 6.10 Å². The molecular formula is C44H71N3O. The zero-order chi connectivity index (χ0) is 34.0. The highest BCUT2D eigenvalue weighted by molar-refractivity contribution is 5.22. The van der Waals surface area contributed by atoms with Crippen molar-refractivity contribution in [1.82, 2.24) is 15.1 Å². The summed E-state index contributed by atoms with van der Waals surface area (Å²) in [6, 6.07) is 11.0. The van der Waals surface area contributed by atoms with E-state index in [0.717, 1.165) is 37.3 Å². The zero-order valence-corrected chi connectivity index (χ0v) is 31.8. The molecule has 0 bridgehead atoms. The van der Waals surface area contributed by atoms with Gasteiger partial charge in [0.1, 0.15) is 0 Å². The molecule has 7 rings (SSSR count). The van der Waals surface area contributed by atoms with Gasteiger partial charge in [-0.3, -0.25) is 9.80 Å². The molecule has 268 valence electrons. The molecule has 4 heteroatoms. The largest absolute Gasteiger partial charge is 0.393 e. The summed E-state index contributed by atoms with van der Waals surface area (Å²) in [5, 5.41) is 15.1. The van der Waals surface area contributed by atoms with E-state index >= 15 is 0 Å². The van der Waals surface area contributed by atoms with Gasteiger partial charge >= 0.3 is 0 Å². The fourth-order valence-corrected chi connectivity index (χ4v) is 14.4. The molecule has 0 radical (unpaired) electrons. The van der Waals surface area contributed by atoms with Crippen LogP contribution in [0.3, 0.4) is 0 Å². The van der Waals surface area contributed by atoms with Gasteiger partial charge in [-0.25, -0.2) is 0 Å². The first-order chi connectivity index (χ1) is 22.8. The normalized spacial score (nSPS) is 44.3. The number of aliphatic hydroxyl groups excluding tert-OH is 1. The lowest BCUT2D eigenvalue weighted by Gasteiger charge is -2.73. The molecule has 0 spiro atoms. The lowest BCUT2D eigenvalue weighted by atomic mass is 9.32. The molecule has 0 unspecified atom stereocenters. The SMILES string of the molecule is C=C(C)[C@@H]1CC[C@]2(CCNCCN3CCN(Cc4ccccc4)CC3)CC[C@]3(C)[C@H](CC[C@@H]4[C@@]5(C)CC[C@H](O)C(C)(C)[C@@H]5CC[C@]43C)[C@@H]12. The quantitative estimate of drug-likeness (QED) is 0.206. The second-order valence-corrected chi connectivity index (χ2v) is 19.5. The Bertz CT molecular complexity index is 1290. The number of piperazine rings is 1. The van der Waals surface area contributed by atoms with Crippen LogP contribution in [0.1, 0.15) is 118 Å². The molecule has 6 fully saturated rings. The van der Waals surface area contributed by atoms with Crippen molar-refractivity contribution in [3.63, 3.8) is 0 Å². The Morgan fingerprint density at radius 1 is 0.792 bits per heavy atom. The maximum absolute atomic E-state index is 11.1. The molecule has 1 aliphatic heterocycles. The minimum Gasteiger partial charge on any atom is -0.393 e. The van der Waals surface area contributed by atoms with Crippen LogP contribution in [0.25, 0.3) is 0 Å². The van der Waals surface area contributed by atoms with E-state index in [2.05, 4.69) is 93.6 Å². The molecule has 1 saturated heterocycles. The maximum atomic E-state index is 11.1. The molecule has 0 amide bonds. The van der Waals surface area contributed by atoms with E-state index in [0.29, 0.717) is 33.5 Å². The lowest BCUT2D eigenvalue weighted by Crippen LogP contribution is -2.66. The topological polar surface area (TPSA) is 38.7 Å². The number of allylic oxidation sites excluding steroid dienone is 1. The average Bonchev–Trinajstić information content (AvgIpc) is 3.45. The highest BCUT2D eigenvalue weighted by atomic mass is 16.3. The number of nitrogens with zero attached hydrogens (tertiary/aromatic N) is 2. The smallest absolute Gasteiger partial charge is 0.0594 e. The molecule has 0 aromatic heterocycles. The van der Waals surface area contributed by atoms with Gasteiger partial charge in [0, 0.05) is 45.8 Å². The molecule has 4 nitrogen and oxygen atoms in total. The standard InChI is InChI=1S/C44H71N3O/c1-32(2)34-15-20-44(23-24-45-25-26-46-27-29-47(30-28-46)31-33-11-9-8-10-12-33)22-21-42(6)35(39(34)44)13-14-37-41(5)18-17-38(48)40(3,4)36(41)16-19-43(37,42)7/h8-12,34-39,45,48H,1,13-31H2,2-7H3/t34-,35+,36-,37+,38-,39+,41-,42+,43+,44+/m0/s1. The Kier molecular flexibility index (Phi) is 9.60. The number of benzene rings is 1. The van der Waals surface area contributed by atoms with Gasteiger partial charge in [0.15, 0.2) is 0 Å². The van der Waals surface area contributed by atoms with Gasteiger partial charge in [0.2, 0.25) is 0 Å². The van der Waals surface area contributed by atoms with Crippen molar-refractivity contribution in [3.8, 4) is 0 Å². The number of fused-ring (bicyclic) bond motifs is 7. The van der Waals surface area contributed by atoms with Crippen molar-refractivity contribution in [1.29, 1.82) is 0 Å². The van der Waals surface area contributed by atoms with Crippen LogP contribution < -0.4 is 5.32 Å². The van der Waals surface area contributed by atoms with E-state index in [-0.39, 0.29) is 11.5 Å². The Labute approximate surface area is 294 Å². The average molecular weight is 658 g/mol. The van der Waals surface area contributed by atoms with E-state index < -0.39 is 0 Å². The summed E-state index contributed by atoms with van der Waals surface area (Å²) >= 11 is 0. The summed E-state index contributed by atoms with van der Waals surface area (Å²) in [5.74, 6) is 3.77. The second-order valence-electron chi connectivity index (χ2n) is 19.5. The fourth-order valence-electron chi connectivity index (χ4n) is 14.4. The monoisotopic (exact) mass is 658 g/mol. The van der Waals surface area contributed by atoms with Gasteiger partial charge in [-0.1, -0.05) is 77.1 Å². The van der Waals surface area contributed by atoms with E-state index in [1.807, 2.05) is 0 Å². The third kappa shape index (κ3) is 5.70. The van der Waals surface area contributed by atoms with E-state index in [9.17, 15) is 5.11 Å². The summed E-state index contributed by atoms with van der Waals surface area (Å²) < 4.78 is 0. The number of hydrogen-bond acceptors (Lipinski definition) is 4. The Morgan fingerprint density at radius 3 is 2.25 bits per heavy atom. The maximum Gasteiger partial charge on any atom is 0.0594 e. The van der Waals surface area contributed by atoms with Gasteiger partial charge in [-0.15, -0.1) is 0 Å². The molecule has 1 aromatic carbocycles. The Hall–Kier alpha value is -1.20. The minimum atomic E-state index is -0.138. The number of nitrogens with one attached hydrogen (secondary N) is 1. The number of rotatable bonds is 9. The predicted octanol–water partition coefficient (Wildman–Crippen LogP) is 8.80. The molecule has 48 heavy (non-hydrogen) atoms. The zero-order valence-electron chi connectivity index (χ0n) is 31.8. The first-order valence-electron chi connectivity index (χ1n) is 20.4. The Balaban J connectivity index is 0.985. The lowest BCUT2D eigenvalue weighted by molar-refractivity contribution is -0.247. The van der Waals surface area contributed by atoms with Crippen LogP contribution in [0.5, 0.6) is 0 Å². The molecule has 5 aliphatic carbocycles. The molecule has 1 heterocycles. The van der Waals surface area contributed by atoms with Crippen LogP contribution in [0.2, 0.25) is 0 Å². The van der Waals surface area contributed by atoms with E-state index in [1.165, 1.54) is 115 Å². The third-order valence-electron chi connectivity index (χ3n) is 17.3. The Morgan fingerprint density at radius 2 is 1.52 bits per heavy atom. The van der Waals surface area contributed by atoms with Crippen LogP contribution in [0, 0.1) is 56.7 Å². The molecule has 5 saturated carbocycles. The summed E-state index contributed by atoms with van der Waals surface area (Å²) in [7, 11) is 0. The molecule has 6 aliphatic rings. The van der Waals surface area contributed by atoms with Gasteiger partial charge in [-0.2, -0.15) is 0 Å². The highest BCUT2D eigenvalue weighted by Crippen LogP contribution is 2.77. The summed E-state index contributed by atoms with van der Waals surface area (Å²) in [5.41, 5.74) is 4.60. The van der Waals surface area contributed by atoms with Crippen LogP contribution in [-0.4, -0.2) is 66.8 Å². The first kappa shape index (κ1) is 35.2. The predicted molar refractivity (Wildman–Crippen MR) is 201 cm³/mol. The van der Waals surface area contributed by atoms with Crippen molar-refractivity contribution in [2.24, 2.45) is 56.7 Å². The fraction of sp³-hybridized carbons (Fsp3) is 0.818. The minimum absolute atomic E-state index is 0.0357. The molecule has 2 N–H and O–H groups in total. The van der Waals surface area contributed by atoms with Crippen molar-refractivity contribution in [3.05, 3.63) is 48.0 Å². The molecule has 1 aromatic rings. The summed E-state index contributed by atoms with van der Waals surface area (Å²) in [6.07, 6.45) is 14.5. The van der Waals surface area contributed by atoms with Crippen LogP contribution in [-0.2, 0) is 6.54 Å². The van der Waals surface area contributed by atoms with Crippen molar-refractivity contribution >= 4 is 0 Å². The van der Waals surface area contributed by atoms with Crippen molar-refractivity contribution in [2.45, 2.75) is 125 Å².